The van der Waals surface area contributed by atoms with Gasteiger partial charge in [0.05, 0.1) is 18.7 Å². The summed E-state index contributed by atoms with van der Waals surface area (Å²) in [6.45, 7) is 6.03. The summed E-state index contributed by atoms with van der Waals surface area (Å²) < 4.78 is 5.07. The summed E-state index contributed by atoms with van der Waals surface area (Å²) >= 11 is 0. The SMILES string of the molecule is COC(=O)C1=C(CN2CCN(c3ccc(C)cc3)CC2)NC(=O)N[C@H]1c1ccccc1. The summed E-state index contributed by atoms with van der Waals surface area (Å²) in [5.74, 6) is -0.436. The van der Waals surface area contributed by atoms with E-state index in [0.29, 0.717) is 17.8 Å². The zero-order valence-electron chi connectivity index (χ0n) is 17.9. The highest BCUT2D eigenvalue weighted by molar-refractivity contribution is 5.95. The molecule has 0 unspecified atom stereocenters. The summed E-state index contributed by atoms with van der Waals surface area (Å²) in [6.07, 6.45) is 0. The summed E-state index contributed by atoms with van der Waals surface area (Å²) in [7, 11) is 1.37. The Kier molecular flexibility index (Phi) is 6.23. The molecule has 2 heterocycles. The van der Waals surface area contributed by atoms with E-state index in [0.717, 1.165) is 31.7 Å². The monoisotopic (exact) mass is 420 g/mol. The molecule has 2 amide bonds. The molecule has 162 valence electrons. The van der Waals surface area contributed by atoms with Gasteiger partial charge >= 0.3 is 12.0 Å². The van der Waals surface area contributed by atoms with Crippen molar-refractivity contribution >= 4 is 17.7 Å². The Morgan fingerprint density at radius 2 is 1.71 bits per heavy atom. The molecule has 1 saturated heterocycles. The smallest absolute Gasteiger partial charge is 0.338 e. The topological polar surface area (TPSA) is 73.9 Å². The highest BCUT2D eigenvalue weighted by Gasteiger charge is 2.34. The Labute approximate surface area is 182 Å². The van der Waals surface area contributed by atoms with Gasteiger partial charge in [0.25, 0.3) is 0 Å². The zero-order chi connectivity index (χ0) is 21.8. The van der Waals surface area contributed by atoms with E-state index in [1.165, 1.54) is 18.4 Å². The molecule has 2 aromatic carbocycles. The maximum absolute atomic E-state index is 12.7. The van der Waals surface area contributed by atoms with Crippen molar-refractivity contribution in [1.82, 2.24) is 15.5 Å². The van der Waals surface area contributed by atoms with Crippen molar-refractivity contribution in [3.05, 3.63) is 77.0 Å². The third-order valence-electron chi connectivity index (χ3n) is 5.84. The first kappa shape index (κ1) is 20.9. The molecule has 0 aromatic heterocycles. The van der Waals surface area contributed by atoms with Crippen LogP contribution in [-0.2, 0) is 9.53 Å². The Morgan fingerprint density at radius 3 is 2.35 bits per heavy atom. The first-order valence-corrected chi connectivity index (χ1v) is 10.5. The number of benzene rings is 2. The Morgan fingerprint density at radius 1 is 1.03 bits per heavy atom. The van der Waals surface area contributed by atoms with E-state index in [2.05, 4.69) is 51.6 Å². The molecule has 1 atom stereocenters. The number of anilines is 1. The number of urea groups is 1. The van der Waals surface area contributed by atoms with Crippen molar-refractivity contribution in [3.63, 3.8) is 0 Å². The Balaban J connectivity index is 1.52. The number of carbonyl (C=O) groups excluding carboxylic acids is 2. The number of ether oxygens (including phenoxy) is 1. The fraction of sp³-hybridized carbons (Fsp3) is 0.333. The molecule has 0 saturated carbocycles. The van der Waals surface area contributed by atoms with Crippen LogP contribution in [-0.4, -0.2) is 56.7 Å². The van der Waals surface area contributed by atoms with Crippen molar-refractivity contribution in [2.45, 2.75) is 13.0 Å². The predicted molar refractivity (Wildman–Crippen MR) is 120 cm³/mol. The van der Waals surface area contributed by atoms with Crippen molar-refractivity contribution in [3.8, 4) is 0 Å². The molecule has 2 aliphatic rings. The van der Waals surface area contributed by atoms with Crippen LogP contribution >= 0.6 is 0 Å². The van der Waals surface area contributed by atoms with Gasteiger partial charge in [-0.2, -0.15) is 0 Å². The van der Waals surface area contributed by atoms with Gasteiger partial charge in [0.1, 0.15) is 0 Å². The van der Waals surface area contributed by atoms with E-state index in [-0.39, 0.29) is 6.03 Å². The molecular formula is C24H28N4O3. The standard InChI is InChI=1S/C24H28N4O3/c1-17-8-10-19(11-9-17)28-14-12-27(13-15-28)16-20-21(23(29)31-2)22(26-24(30)25-20)18-6-4-3-5-7-18/h3-11,22H,12-16H2,1-2H3,(H2,25,26,30)/t22-/m0/s1. The summed E-state index contributed by atoms with van der Waals surface area (Å²) in [5, 5.41) is 5.71. The van der Waals surface area contributed by atoms with Crippen LogP contribution in [0.1, 0.15) is 17.2 Å². The van der Waals surface area contributed by atoms with Crippen molar-refractivity contribution < 1.29 is 14.3 Å². The number of rotatable bonds is 5. The predicted octanol–water partition coefficient (Wildman–Crippen LogP) is 2.60. The van der Waals surface area contributed by atoms with Crippen LogP contribution in [0.5, 0.6) is 0 Å². The fourth-order valence-corrected chi connectivity index (χ4v) is 4.13. The molecule has 0 radical (unpaired) electrons. The van der Waals surface area contributed by atoms with Crippen LogP contribution in [0.4, 0.5) is 10.5 Å². The van der Waals surface area contributed by atoms with E-state index in [1.54, 1.807) is 0 Å². The largest absolute Gasteiger partial charge is 0.466 e. The number of methoxy groups -OCH3 is 1. The number of nitrogens with zero attached hydrogens (tertiary/aromatic N) is 2. The fourth-order valence-electron chi connectivity index (χ4n) is 4.13. The molecule has 31 heavy (non-hydrogen) atoms. The summed E-state index contributed by atoms with van der Waals surface area (Å²) in [5.41, 5.74) is 4.38. The van der Waals surface area contributed by atoms with Crippen LogP contribution in [0, 0.1) is 6.92 Å². The molecular weight excluding hydrogens is 392 g/mol. The lowest BCUT2D eigenvalue weighted by Crippen LogP contribution is -2.51. The van der Waals surface area contributed by atoms with Gasteiger partial charge in [0, 0.05) is 44.1 Å². The number of hydrogen-bond acceptors (Lipinski definition) is 5. The van der Waals surface area contributed by atoms with Crippen LogP contribution in [0.3, 0.4) is 0 Å². The first-order valence-electron chi connectivity index (χ1n) is 10.5. The van der Waals surface area contributed by atoms with Gasteiger partial charge < -0.3 is 20.3 Å². The summed E-state index contributed by atoms with van der Waals surface area (Å²) in [4.78, 5) is 29.7. The van der Waals surface area contributed by atoms with E-state index < -0.39 is 12.0 Å². The second-order valence-corrected chi connectivity index (χ2v) is 7.92. The second-order valence-electron chi connectivity index (χ2n) is 7.92. The average molecular weight is 421 g/mol. The number of hydrogen-bond donors (Lipinski definition) is 2. The lowest BCUT2D eigenvalue weighted by Gasteiger charge is -2.38. The third-order valence-corrected chi connectivity index (χ3v) is 5.84. The lowest BCUT2D eigenvalue weighted by molar-refractivity contribution is -0.136. The summed E-state index contributed by atoms with van der Waals surface area (Å²) in [6, 6.07) is 17.2. The number of esters is 1. The maximum Gasteiger partial charge on any atom is 0.338 e. The van der Waals surface area contributed by atoms with E-state index in [1.807, 2.05) is 30.3 Å². The number of aryl methyl sites for hydroxylation is 1. The van der Waals surface area contributed by atoms with Gasteiger partial charge in [-0.3, -0.25) is 4.90 Å². The molecule has 7 heteroatoms. The first-order chi connectivity index (χ1) is 15.0. The zero-order valence-corrected chi connectivity index (χ0v) is 17.9. The van der Waals surface area contributed by atoms with Gasteiger partial charge in [-0.05, 0) is 24.6 Å². The highest BCUT2D eigenvalue weighted by Crippen LogP contribution is 2.28. The number of carbonyl (C=O) groups is 2. The van der Waals surface area contributed by atoms with Crippen molar-refractivity contribution in [1.29, 1.82) is 0 Å². The minimum atomic E-state index is -0.536. The molecule has 0 bridgehead atoms. The quantitative estimate of drug-likeness (QED) is 0.728. The van der Waals surface area contributed by atoms with Crippen LogP contribution in [0.2, 0.25) is 0 Å². The number of amides is 2. The minimum Gasteiger partial charge on any atom is -0.466 e. The van der Waals surface area contributed by atoms with Gasteiger partial charge in [-0.1, -0.05) is 48.0 Å². The molecule has 2 aromatic rings. The molecule has 4 rings (SSSR count). The highest BCUT2D eigenvalue weighted by atomic mass is 16.5. The van der Waals surface area contributed by atoms with Crippen molar-refractivity contribution in [2.24, 2.45) is 0 Å². The lowest BCUT2D eigenvalue weighted by atomic mass is 9.95. The van der Waals surface area contributed by atoms with Crippen LogP contribution in [0.25, 0.3) is 0 Å². The Hall–Kier alpha value is -3.32. The van der Waals surface area contributed by atoms with Gasteiger partial charge in [-0.25, -0.2) is 9.59 Å². The number of nitrogens with one attached hydrogen (secondary N) is 2. The van der Waals surface area contributed by atoms with Crippen LogP contribution < -0.4 is 15.5 Å². The van der Waals surface area contributed by atoms with Crippen molar-refractivity contribution in [2.75, 3.05) is 44.7 Å². The number of piperazine rings is 1. The molecule has 0 spiro atoms. The van der Waals surface area contributed by atoms with E-state index in [9.17, 15) is 9.59 Å². The average Bonchev–Trinajstić information content (AvgIpc) is 2.80. The molecule has 7 nitrogen and oxygen atoms in total. The van der Waals surface area contributed by atoms with E-state index in [4.69, 9.17) is 4.74 Å². The second kappa shape index (κ2) is 9.22. The van der Waals surface area contributed by atoms with Crippen LogP contribution in [0.15, 0.2) is 65.9 Å². The normalized spacial score (nSPS) is 19.6. The molecule has 0 aliphatic carbocycles. The molecule has 2 aliphatic heterocycles. The third kappa shape index (κ3) is 4.72. The van der Waals surface area contributed by atoms with Gasteiger partial charge in [0.2, 0.25) is 0 Å². The van der Waals surface area contributed by atoms with E-state index >= 15 is 0 Å². The molecule has 1 fully saturated rings. The van der Waals surface area contributed by atoms with Gasteiger partial charge in [0.15, 0.2) is 0 Å². The Bertz CT molecular complexity index is 964. The minimum absolute atomic E-state index is 0.310. The van der Waals surface area contributed by atoms with Gasteiger partial charge in [-0.15, -0.1) is 0 Å². The maximum atomic E-state index is 12.7. The molecule has 2 N–H and O–H groups in total.